The number of nitrogens with two attached hydrogens (primary N) is 1. The number of amides is 1. The highest BCUT2D eigenvalue weighted by Gasteiger charge is 2.18. The maximum atomic E-state index is 11.8. The van der Waals surface area contributed by atoms with Gasteiger partial charge in [-0.2, -0.15) is 5.10 Å². The summed E-state index contributed by atoms with van der Waals surface area (Å²) < 4.78 is 23.9. The van der Waals surface area contributed by atoms with Gasteiger partial charge in [0.2, 0.25) is 0 Å². The van der Waals surface area contributed by atoms with Gasteiger partial charge in [0.05, 0.1) is 17.1 Å². The number of nitrogens with one attached hydrogen (secondary N) is 1. The van der Waals surface area contributed by atoms with Crippen molar-refractivity contribution in [1.82, 2.24) is 15.1 Å². The van der Waals surface area contributed by atoms with Gasteiger partial charge in [0.1, 0.15) is 5.69 Å². The van der Waals surface area contributed by atoms with Crippen molar-refractivity contribution in [2.45, 2.75) is 13.8 Å². The maximum Gasteiger partial charge on any atom is 0.271 e. The molecule has 0 radical (unpaired) electrons. The summed E-state index contributed by atoms with van der Waals surface area (Å²) >= 11 is 0. The molecule has 0 saturated heterocycles. The van der Waals surface area contributed by atoms with Crippen LogP contribution in [-0.2, 0) is 16.9 Å². The summed E-state index contributed by atoms with van der Waals surface area (Å²) in [5.74, 6) is -0.427. The van der Waals surface area contributed by atoms with Crippen LogP contribution in [0.25, 0.3) is 0 Å². The van der Waals surface area contributed by atoms with Gasteiger partial charge in [-0.05, 0) is 6.92 Å². The van der Waals surface area contributed by atoms with Crippen molar-refractivity contribution in [2.24, 2.45) is 7.05 Å². The number of rotatable bonds is 5. The van der Waals surface area contributed by atoms with Crippen LogP contribution in [0, 0.1) is 6.92 Å². The number of nitrogens with zero attached hydrogens (tertiary/aromatic N) is 2. The van der Waals surface area contributed by atoms with E-state index in [0.29, 0.717) is 11.4 Å². The van der Waals surface area contributed by atoms with Gasteiger partial charge < -0.3 is 11.1 Å². The van der Waals surface area contributed by atoms with Crippen LogP contribution in [0.2, 0.25) is 0 Å². The third-order valence-corrected chi connectivity index (χ3v) is 4.33. The Labute approximate surface area is 106 Å². The molecule has 8 heteroatoms. The van der Waals surface area contributed by atoms with Gasteiger partial charge in [-0.1, -0.05) is 6.92 Å². The van der Waals surface area contributed by atoms with Crippen molar-refractivity contribution in [3.05, 3.63) is 11.4 Å². The summed E-state index contributed by atoms with van der Waals surface area (Å²) in [6.45, 7) is 3.34. The van der Waals surface area contributed by atoms with Crippen LogP contribution < -0.4 is 11.1 Å². The molecular formula is C10H18N4O3S. The molecule has 7 nitrogen and oxygen atoms in total. The second-order valence-corrected chi connectivity index (χ2v) is 6.44. The minimum atomic E-state index is -3.08. The Morgan fingerprint density at radius 2 is 2.11 bits per heavy atom. The van der Waals surface area contributed by atoms with Gasteiger partial charge in [-0.25, -0.2) is 8.42 Å². The molecule has 0 aliphatic carbocycles. The Hall–Kier alpha value is -1.57. The van der Waals surface area contributed by atoms with Gasteiger partial charge in [-0.15, -0.1) is 0 Å². The van der Waals surface area contributed by atoms with Gasteiger partial charge in [0.15, 0.2) is 9.84 Å². The fourth-order valence-corrected chi connectivity index (χ4v) is 2.19. The number of hydrogen-bond donors (Lipinski definition) is 2. The molecule has 1 heterocycles. The highest BCUT2D eigenvalue weighted by molar-refractivity contribution is 7.91. The van der Waals surface area contributed by atoms with E-state index in [-0.39, 0.29) is 23.7 Å². The van der Waals surface area contributed by atoms with Gasteiger partial charge in [0.25, 0.3) is 5.91 Å². The maximum absolute atomic E-state index is 11.8. The molecule has 102 valence electrons. The zero-order valence-corrected chi connectivity index (χ0v) is 11.5. The van der Waals surface area contributed by atoms with E-state index in [4.69, 9.17) is 5.73 Å². The molecule has 0 atom stereocenters. The van der Waals surface area contributed by atoms with Crippen molar-refractivity contribution < 1.29 is 13.2 Å². The number of anilines is 1. The quantitative estimate of drug-likeness (QED) is 0.751. The predicted octanol–water partition coefficient (Wildman–Crippen LogP) is -0.525. The molecule has 0 aromatic carbocycles. The van der Waals surface area contributed by atoms with E-state index in [9.17, 15) is 13.2 Å². The van der Waals surface area contributed by atoms with E-state index in [2.05, 4.69) is 10.4 Å². The summed E-state index contributed by atoms with van der Waals surface area (Å²) in [6.07, 6.45) is 0. The molecule has 1 aromatic rings. The zero-order chi connectivity index (χ0) is 13.9. The van der Waals surface area contributed by atoms with Gasteiger partial charge >= 0.3 is 0 Å². The monoisotopic (exact) mass is 274 g/mol. The lowest BCUT2D eigenvalue weighted by molar-refractivity contribution is 0.0947. The summed E-state index contributed by atoms with van der Waals surface area (Å²) in [4.78, 5) is 11.8. The van der Waals surface area contributed by atoms with Crippen LogP contribution in [0.3, 0.4) is 0 Å². The summed E-state index contributed by atoms with van der Waals surface area (Å²) in [6, 6.07) is 0. The van der Waals surface area contributed by atoms with E-state index in [1.54, 1.807) is 20.9 Å². The first-order chi connectivity index (χ1) is 8.28. The molecule has 0 aliphatic heterocycles. The molecule has 1 amide bonds. The molecule has 0 fully saturated rings. The molecule has 1 aromatic heterocycles. The van der Waals surface area contributed by atoms with E-state index in [1.165, 1.54) is 4.68 Å². The molecular weight excluding hydrogens is 256 g/mol. The lowest BCUT2D eigenvalue weighted by atomic mass is 10.3. The number of aryl methyl sites for hydroxylation is 2. The smallest absolute Gasteiger partial charge is 0.271 e. The Morgan fingerprint density at radius 3 is 2.56 bits per heavy atom. The predicted molar refractivity (Wildman–Crippen MR) is 69.0 cm³/mol. The van der Waals surface area contributed by atoms with Crippen molar-refractivity contribution >= 4 is 21.4 Å². The molecule has 0 bridgehead atoms. The standard InChI is InChI=1S/C10H18N4O3S/c1-4-18(16,17)6-5-12-10(15)9-8(11)7(2)13-14(9)3/h4-6,11H2,1-3H3,(H,12,15). The van der Waals surface area contributed by atoms with E-state index < -0.39 is 15.7 Å². The Balaban J connectivity index is 2.67. The highest BCUT2D eigenvalue weighted by atomic mass is 32.2. The Bertz CT molecular complexity index is 548. The first-order valence-electron chi connectivity index (χ1n) is 5.56. The van der Waals surface area contributed by atoms with Crippen LogP contribution in [0.15, 0.2) is 0 Å². The average molecular weight is 274 g/mol. The first-order valence-corrected chi connectivity index (χ1v) is 7.38. The van der Waals surface area contributed by atoms with Crippen molar-refractivity contribution in [1.29, 1.82) is 0 Å². The number of aromatic nitrogens is 2. The van der Waals surface area contributed by atoms with E-state index >= 15 is 0 Å². The van der Waals surface area contributed by atoms with Crippen molar-refractivity contribution in [3.8, 4) is 0 Å². The molecule has 0 aliphatic rings. The third kappa shape index (κ3) is 3.22. The minimum Gasteiger partial charge on any atom is -0.395 e. The second-order valence-electron chi connectivity index (χ2n) is 3.96. The molecule has 3 N–H and O–H groups in total. The highest BCUT2D eigenvalue weighted by Crippen LogP contribution is 2.14. The fraction of sp³-hybridized carbons (Fsp3) is 0.600. The fourth-order valence-electron chi connectivity index (χ4n) is 1.49. The number of sulfone groups is 1. The Kier molecular flexibility index (Phi) is 4.33. The van der Waals surface area contributed by atoms with Crippen LogP contribution >= 0.6 is 0 Å². The molecule has 1 rings (SSSR count). The summed E-state index contributed by atoms with van der Waals surface area (Å²) in [5, 5.41) is 6.54. The number of hydrogen-bond acceptors (Lipinski definition) is 5. The average Bonchev–Trinajstić information content (AvgIpc) is 2.53. The zero-order valence-electron chi connectivity index (χ0n) is 10.7. The molecule has 0 saturated carbocycles. The summed E-state index contributed by atoms with van der Waals surface area (Å²) in [7, 11) is -1.47. The lowest BCUT2D eigenvalue weighted by Gasteiger charge is -2.06. The van der Waals surface area contributed by atoms with Gasteiger partial charge in [-0.3, -0.25) is 9.48 Å². The second kappa shape index (κ2) is 5.38. The van der Waals surface area contributed by atoms with E-state index in [0.717, 1.165) is 0 Å². The van der Waals surface area contributed by atoms with Crippen LogP contribution in [0.5, 0.6) is 0 Å². The molecule has 0 unspecified atom stereocenters. The minimum absolute atomic E-state index is 0.0653. The lowest BCUT2D eigenvalue weighted by Crippen LogP contribution is -2.31. The number of carbonyl (C=O) groups is 1. The van der Waals surface area contributed by atoms with Crippen molar-refractivity contribution in [3.63, 3.8) is 0 Å². The van der Waals surface area contributed by atoms with Crippen LogP contribution in [0.4, 0.5) is 5.69 Å². The number of carbonyl (C=O) groups excluding carboxylic acids is 1. The van der Waals surface area contributed by atoms with E-state index in [1.807, 2.05) is 0 Å². The third-order valence-electron chi connectivity index (χ3n) is 2.62. The van der Waals surface area contributed by atoms with Crippen molar-refractivity contribution in [2.75, 3.05) is 23.8 Å². The normalized spacial score (nSPS) is 11.5. The van der Waals surface area contributed by atoms with Crippen LogP contribution in [-0.4, -0.2) is 42.2 Å². The largest absolute Gasteiger partial charge is 0.395 e. The van der Waals surface area contributed by atoms with Gasteiger partial charge in [0, 0.05) is 19.3 Å². The first kappa shape index (κ1) is 14.5. The number of nitrogen functional groups attached to an aromatic ring is 1. The Morgan fingerprint density at radius 1 is 1.50 bits per heavy atom. The van der Waals surface area contributed by atoms with Crippen LogP contribution in [0.1, 0.15) is 23.1 Å². The summed E-state index contributed by atoms with van der Waals surface area (Å²) in [5.41, 5.74) is 6.86. The topological polar surface area (TPSA) is 107 Å². The SMILES string of the molecule is CCS(=O)(=O)CCNC(=O)c1c(N)c(C)nn1C. The molecule has 18 heavy (non-hydrogen) atoms. The molecule has 0 spiro atoms.